The van der Waals surface area contributed by atoms with Crippen LogP contribution in [0, 0.1) is 0 Å². The van der Waals surface area contributed by atoms with Crippen molar-refractivity contribution >= 4 is 10.2 Å². The maximum Gasteiger partial charge on any atom is 0.00672 e. The SMILES string of the molecule is CCCCCCCCC([SiH3])CCCCCCCC. The van der Waals surface area contributed by atoms with E-state index in [1.54, 1.807) is 0 Å². The molecule has 18 heavy (non-hydrogen) atoms. The van der Waals surface area contributed by atoms with E-state index in [-0.39, 0.29) is 0 Å². The van der Waals surface area contributed by atoms with Crippen LogP contribution in [0.1, 0.15) is 104 Å². The van der Waals surface area contributed by atoms with Crippen LogP contribution < -0.4 is 0 Å². The van der Waals surface area contributed by atoms with E-state index in [1.807, 2.05) is 0 Å². The Morgan fingerprint density at radius 1 is 0.556 bits per heavy atom. The highest BCUT2D eigenvalue weighted by Gasteiger charge is 2.01. The van der Waals surface area contributed by atoms with Crippen molar-refractivity contribution in [2.75, 3.05) is 0 Å². The maximum absolute atomic E-state index is 2.30. The molecule has 0 heterocycles. The van der Waals surface area contributed by atoms with Gasteiger partial charge in [-0.2, -0.15) is 0 Å². The molecule has 110 valence electrons. The van der Waals surface area contributed by atoms with Gasteiger partial charge in [-0.25, -0.2) is 0 Å². The van der Waals surface area contributed by atoms with E-state index in [2.05, 4.69) is 13.8 Å². The monoisotopic (exact) mass is 270 g/mol. The summed E-state index contributed by atoms with van der Waals surface area (Å²) in [5.74, 6) is 0. The second-order valence-electron chi connectivity index (χ2n) is 6.22. The van der Waals surface area contributed by atoms with Gasteiger partial charge in [0.05, 0.1) is 0 Å². The summed E-state index contributed by atoms with van der Waals surface area (Å²) in [7, 11) is 1.43. The summed E-state index contributed by atoms with van der Waals surface area (Å²) in [5.41, 5.74) is 1.11. The Labute approximate surface area is 120 Å². The summed E-state index contributed by atoms with van der Waals surface area (Å²) in [5, 5.41) is 0. The molecule has 0 saturated heterocycles. The highest BCUT2D eigenvalue weighted by atomic mass is 28.1. The standard InChI is InChI=1S/C17H38Si/c1-3-5-7-9-11-13-15-17(18)16-14-12-10-8-6-4-2/h17H,3-16H2,1-2,18H3. The largest absolute Gasteiger partial charge is 0.0654 e. The van der Waals surface area contributed by atoms with Crippen LogP contribution in [-0.2, 0) is 0 Å². The fourth-order valence-electron chi connectivity index (χ4n) is 2.69. The maximum atomic E-state index is 2.30. The first-order chi connectivity index (χ1) is 8.81. The summed E-state index contributed by atoms with van der Waals surface area (Å²) >= 11 is 0. The van der Waals surface area contributed by atoms with E-state index >= 15 is 0 Å². The summed E-state index contributed by atoms with van der Waals surface area (Å²) in [6, 6.07) is 0. The van der Waals surface area contributed by atoms with Gasteiger partial charge >= 0.3 is 0 Å². The van der Waals surface area contributed by atoms with Crippen molar-refractivity contribution in [3.05, 3.63) is 0 Å². The minimum atomic E-state index is 1.11. The van der Waals surface area contributed by atoms with E-state index < -0.39 is 0 Å². The van der Waals surface area contributed by atoms with Gasteiger partial charge < -0.3 is 0 Å². The normalized spacial score (nSPS) is 11.5. The van der Waals surface area contributed by atoms with E-state index in [0.29, 0.717) is 0 Å². The summed E-state index contributed by atoms with van der Waals surface area (Å²) < 4.78 is 0. The molecule has 0 aromatic carbocycles. The molecule has 0 aliphatic heterocycles. The minimum Gasteiger partial charge on any atom is -0.0654 e. The average molecular weight is 271 g/mol. The zero-order valence-corrected chi connectivity index (χ0v) is 15.5. The number of hydrogen-bond donors (Lipinski definition) is 0. The van der Waals surface area contributed by atoms with Crippen LogP contribution in [0.25, 0.3) is 0 Å². The predicted octanol–water partition coefficient (Wildman–Crippen LogP) is 5.64. The van der Waals surface area contributed by atoms with Crippen molar-refractivity contribution < 1.29 is 0 Å². The Balaban J connectivity index is 3.10. The van der Waals surface area contributed by atoms with Crippen molar-refractivity contribution in [2.24, 2.45) is 0 Å². The van der Waals surface area contributed by atoms with E-state index in [1.165, 1.54) is 100 Å². The molecule has 0 spiro atoms. The lowest BCUT2D eigenvalue weighted by molar-refractivity contribution is 0.534. The zero-order valence-electron chi connectivity index (χ0n) is 13.5. The molecule has 0 N–H and O–H groups in total. The lowest BCUT2D eigenvalue weighted by Gasteiger charge is -2.10. The van der Waals surface area contributed by atoms with Crippen LogP contribution in [0.3, 0.4) is 0 Å². The molecule has 0 aliphatic carbocycles. The first-order valence-corrected chi connectivity index (χ1v) is 9.96. The fraction of sp³-hybridized carbons (Fsp3) is 1.00. The number of rotatable bonds is 14. The lowest BCUT2D eigenvalue weighted by atomic mass is 10.0. The van der Waals surface area contributed by atoms with Crippen LogP contribution in [0.15, 0.2) is 0 Å². The molecule has 0 aromatic heterocycles. The molecule has 0 rings (SSSR count). The number of hydrogen-bond acceptors (Lipinski definition) is 0. The van der Waals surface area contributed by atoms with Crippen LogP contribution >= 0.6 is 0 Å². The van der Waals surface area contributed by atoms with Gasteiger partial charge in [0.1, 0.15) is 0 Å². The van der Waals surface area contributed by atoms with Crippen molar-refractivity contribution in [3.63, 3.8) is 0 Å². The topological polar surface area (TPSA) is 0 Å². The molecule has 0 aromatic rings. The molecule has 0 bridgehead atoms. The average Bonchev–Trinajstić information content (AvgIpc) is 2.38. The predicted molar refractivity (Wildman–Crippen MR) is 89.7 cm³/mol. The van der Waals surface area contributed by atoms with Gasteiger partial charge in [-0.15, -0.1) is 0 Å². The third-order valence-electron chi connectivity index (χ3n) is 4.10. The molecule has 0 aliphatic rings. The highest BCUT2D eigenvalue weighted by molar-refractivity contribution is 6.11. The second-order valence-corrected chi connectivity index (χ2v) is 7.85. The van der Waals surface area contributed by atoms with Crippen LogP contribution in [0.5, 0.6) is 0 Å². The minimum absolute atomic E-state index is 1.11. The lowest BCUT2D eigenvalue weighted by Crippen LogP contribution is -1.93. The van der Waals surface area contributed by atoms with Gasteiger partial charge in [0.15, 0.2) is 0 Å². The van der Waals surface area contributed by atoms with Gasteiger partial charge in [0, 0.05) is 10.2 Å². The first kappa shape index (κ1) is 18.2. The Kier molecular flexibility index (Phi) is 15.5. The quantitative estimate of drug-likeness (QED) is 0.283. The summed E-state index contributed by atoms with van der Waals surface area (Å²) in [6.07, 6.45) is 20.6. The van der Waals surface area contributed by atoms with Gasteiger partial charge in [-0.3, -0.25) is 0 Å². The summed E-state index contributed by atoms with van der Waals surface area (Å²) in [6.45, 7) is 4.60. The molecule has 0 radical (unpaired) electrons. The Bertz CT molecular complexity index is 129. The van der Waals surface area contributed by atoms with Gasteiger partial charge in [0.25, 0.3) is 0 Å². The van der Waals surface area contributed by atoms with E-state index in [4.69, 9.17) is 0 Å². The Morgan fingerprint density at radius 3 is 1.28 bits per heavy atom. The Morgan fingerprint density at radius 2 is 0.889 bits per heavy atom. The molecule has 0 nitrogen and oxygen atoms in total. The van der Waals surface area contributed by atoms with Crippen LogP contribution in [0.4, 0.5) is 0 Å². The van der Waals surface area contributed by atoms with Crippen molar-refractivity contribution in [2.45, 2.75) is 109 Å². The van der Waals surface area contributed by atoms with Gasteiger partial charge in [-0.05, 0) is 0 Å². The molecular formula is C17H38Si. The molecule has 0 fully saturated rings. The van der Waals surface area contributed by atoms with Crippen LogP contribution in [0.2, 0.25) is 5.54 Å². The molecule has 0 atom stereocenters. The van der Waals surface area contributed by atoms with Gasteiger partial charge in [-0.1, -0.05) is 109 Å². The van der Waals surface area contributed by atoms with Crippen molar-refractivity contribution in [3.8, 4) is 0 Å². The first-order valence-electron chi connectivity index (χ1n) is 8.81. The van der Waals surface area contributed by atoms with E-state index in [9.17, 15) is 0 Å². The third-order valence-corrected chi connectivity index (χ3v) is 5.26. The van der Waals surface area contributed by atoms with Crippen molar-refractivity contribution in [1.82, 2.24) is 0 Å². The smallest absolute Gasteiger partial charge is 0.00672 e. The highest BCUT2D eigenvalue weighted by Crippen LogP contribution is 2.20. The number of unbranched alkanes of at least 4 members (excludes halogenated alkanes) is 10. The summed E-state index contributed by atoms with van der Waals surface area (Å²) in [4.78, 5) is 0. The molecular weight excluding hydrogens is 232 g/mol. The van der Waals surface area contributed by atoms with Gasteiger partial charge in [0.2, 0.25) is 0 Å². The fourth-order valence-corrected chi connectivity index (χ4v) is 3.51. The third kappa shape index (κ3) is 14.3. The Hall–Kier alpha value is 0.217. The molecule has 1 heteroatoms. The molecule has 0 amide bonds. The zero-order chi connectivity index (χ0) is 13.5. The molecule has 0 unspecified atom stereocenters. The van der Waals surface area contributed by atoms with E-state index in [0.717, 1.165) is 5.54 Å². The molecule has 0 saturated carbocycles. The van der Waals surface area contributed by atoms with Crippen molar-refractivity contribution in [1.29, 1.82) is 0 Å². The second kappa shape index (κ2) is 15.3. The van der Waals surface area contributed by atoms with Crippen LogP contribution in [-0.4, -0.2) is 10.2 Å².